The van der Waals surface area contributed by atoms with Crippen LogP contribution < -0.4 is 5.43 Å². The van der Waals surface area contributed by atoms with Crippen LogP contribution in [0.15, 0.2) is 35.4 Å². The summed E-state index contributed by atoms with van der Waals surface area (Å²) in [5, 5.41) is 3.71. The molecular weight excluding hydrogens is 180 g/mol. The molecule has 4 nitrogen and oxygen atoms in total. The third-order valence-corrected chi connectivity index (χ3v) is 1.44. The summed E-state index contributed by atoms with van der Waals surface area (Å²) >= 11 is 0. The van der Waals surface area contributed by atoms with Crippen LogP contribution in [0, 0.1) is 0 Å². The summed E-state index contributed by atoms with van der Waals surface area (Å²) in [6.07, 6.45) is 1.01. The Kier molecular flexibility index (Phi) is 4.20. The highest BCUT2D eigenvalue weighted by molar-refractivity contribution is 5.80. The quantitative estimate of drug-likeness (QED) is 0.586. The Labute approximate surface area is 82.6 Å². The van der Waals surface area contributed by atoms with Gasteiger partial charge in [0.15, 0.2) is 0 Å². The molecule has 0 heterocycles. The van der Waals surface area contributed by atoms with Crippen LogP contribution in [0.5, 0.6) is 0 Å². The second-order valence-corrected chi connectivity index (χ2v) is 2.50. The molecule has 0 radical (unpaired) electrons. The van der Waals surface area contributed by atoms with E-state index >= 15 is 0 Å². The molecular formula is C10H12N2O2. The van der Waals surface area contributed by atoms with Gasteiger partial charge in [-0.15, -0.1) is 0 Å². The molecule has 1 rings (SSSR count). The first-order valence-corrected chi connectivity index (χ1v) is 4.34. The molecule has 1 N–H and O–H groups in total. The number of benzene rings is 1. The van der Waals surface area contributed by atoms with Gasteiger partial charge < -0.3 is 4.74 Å². The molecule has 0 aromatic heterocycles. The van der Waals surface area contributed by atoms with Gasteiger partial charge in [-0.25, -0.2) is 10.2 Å². The minimum atomic E-state index is -0.542. The van der Waals surface area contributed by atoms with Crippen molar-refractivity contribution in [2.45, 2.75) is 6.92 Å². The van der Waals surface area contributed by atoms with Gasteiger partial charge in [-0.1, -0.05) is 30.3 Å². The smallest absolute Gasteiger partial charge is 0.427 e. The van der Waals surface area contributed by atoms with Crippen molar-refractivity contribution >= 4 is 12.3 Å². The number of amides is 1. The summed E-state index contributed by atoms with van der Waals surface area (Å²) < 4.78 is 4.62. The highest BCUT2D eigenvalue weighted by atomic mass is 16.5. The minimum absolute atomic E-state index is 0.340. The molecule has 1 amide bonds. The van der Waals surface area contributed by atoms with Crippen molar-refractivity contribution in [1.29, 1.82) is 0 Å². The molecule has 0 saturated carbocycles. The van der Waals surface area contributed by atoms with Crippen LogP contribution in [0.3, 0.4) is 0 Å². The number of hydrazone groups is 1. The lowest BCUT2D eigenvalue weighted by molar-refractivity contribution is 0.152. The zero-order valence-electron chi connectivity index (χ0n) is 7.93. The van der Waals surface area contributed by atoms with Crippen LogP contribution in [0.1, 0.15) is 12.5 Å². The monoisotopic (exact) mass is 192 g/mol. The molecule has 74 valence electrons. The Hall–Kier alpha value is -1.84. The summed E-state index contributed by atoms with van der Waals surface area (Å²) in [7, 11) is 0. The van der Waals surface area contributed by atoms with Crippen molar-refractivity contribution in [2.24, 2.45) is 5.10 Å². The topological polar surface area (TPSA) is 50.7 Å². The lowest BCUT2D eigenvalue weighted by atomic mass is 10.2. The van der Waals surface area contributed by atoms with Gasteiger partial charge in [0, 0.05) is 0 Å². The van der Waals surface area contributed by atoms with Crippen LogP contribution in [0.2, 0.25) is 0 Å². The van der Waals surface area contributed by atoms with E-state index in [1.165, 1.54) is 0 Å². The van der Waals surface area contributed by atoms with Gasteiger partial charge in [0.2, 0.25) is 0 Å². The van der Waals surface area contributed by atoms with Crippen LogP contribution in [-0.2, 0) is 4.74 Å². The SMILES string of the molecule is CCOC(=O)N/N=C/c1ccccc1. The Morgan fingerprint density at radius 3 is 2.86 bits per heavy atom. The first-order chi connectivity index (χ1) is 6.83. The molecule has 0 aliphatic rings. The highest BCUT2D eigenvalue weighted by Gasteiger charge is 1.94. The molecule has 0 atom stereocenters. The fourth-order valence-electron chi connectivity index (χ4n) is 0.862. The number of ether oxygens (including phenoxy) is 1. The van der Waals surface area contributed by atoms with Crippen LogP contribution in [-0.4, -0.2) is 18.9 Å². The van der Waals surface area contributed by atoms with Crippen molar-refractivity contribution < 1.29 is 9.53 Å². The maximum Gasteiger partial charge on any atom is 0.427 e. The average molecular weight is 192 g/mol. The summed E-state index contributed by atoms with van der Waals surface area (Å²) in [4.78, 5) is 10.8. The van der Waals surface area contributed by atoms with E-state index in [0.29, 0.717) is 6.61 Å². The highest BCUT2D eigenvalue weighted by Crippen LogP contribution is 1.93. The summed E-state index contributed by atoms with van der Waals surface area (Å²) in [6.45, 7) is 2.08. The van der Waals surface area contributed by atoms with Gasteiger partial charge in [-0.3, -0.25) is 0 Å². The molecule has 1 aromatic rings. The average Bonchev–Trinajstić information content (AvgIpc) is 2.20. The van der Waals surface area contributed by atoms with E-state index in [1.54, 1.807) is 13.1 Å². The second-order valence-electron chi connectivity index (χ2n) is 2.50. The second kappa shape index (κ2) is 5.75. The van der Waals surface area contributed by atoms with Crippen LogP contribution in [0.4, 0.5) is 4.79 Å². The van der Waals surface area contributed by atoms with Crippen molar-refractivity contribution in [3.8, 4) is 0 Å². The van der Waals surface area contributed by atoms with Gasteiger partial charge in [-0.05, 0) is 12.5 Å². The number of nitrogens with one attached hydrogen (secondary N) is 1. The number of carbonyl (C=O) groups is 1. The number of nitrogens with zero attached hydrogens (tertiary/aromatic N) is 1. The summed E-state index contributed by atoms with van der Waals surface area (Å²) in [5.74, 6) is 0. The number of rotatable bonds is 3. The molecule has 4 heteroatoms. The van der Waals surface area contributed by atoms with E-state index in [0.717, 1.165) is 5.56 Å². The third-order valence-electron chi connectivity index (χ3n) is 1.44. The van der Waals surface area contributed by atoms with Crippen molar-refractivity contribution in [2.75, 3.05) is 6.61 Å². The largest absolute Gasteiger partial charge is 0.449 e. The van der Waals surface area contributed by atoms with E-state index in [1.807, 2.05) is 30.3 Å². The van der Waals surface area contributed by atoms with E-state index < -0.39 is 6.09 Å². The first kappa shape index (κ1) is 10.2. The zero-order chi connectivity index (χ0) is 10.2. The van der Waals surface area contributed by atoms with E-state index in [-0.39, 0.29) is 0 Å². The molecule has 0 unspecified atom stereocenters. The zero-order valence-corrected chi connectivity index (χ0v) is 7.93. The van der Waals surface area contributed by atoms with Gasteiger partial charge >= 0.3 is 6.09 Å². The lowest BCUT2D eigenvalue weighted by Crippen LogP contribution is -2.18. The number of hydrogen-bond acceptors (Lipinski definition) is 3. The van der Waals surface area contributed by atoms with Crippen LogP contribution >= 0.6 is 0 Å². The minimum Gasteiger partial charge on any atom is -0.449 e. The fourth-order valence-corrected chi connectivity index (χ4v) is 0.862. The Morgan fingerprint density at radius 2 is 2.21 bits per heavy atom. The fraction of sp³-hybridized carbons (Fsp3) is 0.200. The van der Waals surface area contributed by atoms with Gasteiger partial charge in [-0.2, -0.15) is 5.10 Å². The van der Waals surface area contributed by atoms with Crippen molar-refractivity contribution in [3.05, 3.63) is 35.9 Å². The van der Waals surface area contributed by atoms with Crippen LogP contribution in [0.25, 0.3) is 0 Å². The first-order valence-electron chi connectivity index (χ1n) is 4.34. The number of hydrogen-bond donors (Lipinski definition) is 1. The van der Waals surface area contributed by atoms with Crippen molar-refractivity contribution in [1.82, 2.24) is 5.43 Å². The van der Waals surface area contributed by atoms with Gasteiger partial charge in [0.05, 0.1) is 12.8 Å². The molecule has 0 bridgehead atoms. The summed E-state index contributed by atoms with van der Waals surface area (Å²) in [6, 6.07) is 9.47. The number of carbonyl (C=O) groups excluding carboxylic acids is 1. The Balaban J connectivity index is 2.38. The summed E-state index contributed by atoms with van der Waals surface area (Å²) in [5.41, 5.74) is 3.16. The molecule has 14 heavy (non-hydrogen) atoms. The third kappa shape index (κ3) is 3.71. The standard InChI is InChI=1S/C10H12N2O2/c1-2-14-10(13)12-11-8-9-6-4-3-5-7-9/h3-8H,2H2,1H3,(H,12,13)/b11-8+. The molecule has 0 fully saturated rings. The Bertz CT molecular complexity index is 309. The normalized spacial score (nSPS) is 10.1. The van der Waals surface area contributed by atoms with Crippen molar-refractivity contribution in [3.63, 3.8) is 0 Å². The van der Waals surface area contributed by atoms with E-state index in [9.17, 15) is 4.79 Å². The molecule has 0 aliphatic heterocycles. The van der Waals surface area contributed by atoms with Gasteiger partial charge in [0.1, 0.15) is 0 Å². The molecule has 0 spiro atoms. The van der Waals surface area contributed by atoms with E-state index in [2.05, 4.69) is 15.3 Å². The molecule has 1 aromatic carbocycles. The molecule has 0 saturated heterocycles. The lowest BCUT2D eigenvalue weighted by Gasteiger charge is -1.98. The van der Waals surface area contributed by atoms with E-state index in [4.69, 9.17) is 0 Å². The maximum absolute atomic E-state index is 10.8. The molecule has 0 aliphatic carbocycles. The van der Waals surface area contributed by atoms with Gasteiger partial charge in [0.25, 0.3) is 0 Å². The predicted molar refractivity (Wildman–Crippen MR) is 54.2 cm³/mol. The Morgan fingerprint density at radius 1 is 1.50 bits per heavy atom. The predicted octanol–water partition coefficient (Wildman–Crippen LogP) is 1.77. The maximum atomic E-state index is 10.8.